The smallest absolute Gasteiger partial charge is 0.332 e. The molecule has 0 aromatic carbocycles. The lowest BCUT2D eigenvalue weighted by Crippen LogP contribution is -2.17. The summed E-state index contributed by atoms with van der Waals surface area (Å²) in [5, 5.41) is 17.6. The SMILES string of the molecule is CC/C=C\C/C=C\CC\C=C/C=C/C=C/CC/C=C\CC(O)C(=O)O. The molecule has 0 aliphatic carbocycles. The molecule has 1 unspecified atom stereocenters. The van der Waals surface area contributed by atoms with E-state index in [-0.39, 0.29) is 6.42 Å². The molecule has 0 heterocycles. The van der Waals surface area contributed by atoms with E-state index >= 15 is 0 Å². The Morgan fingerprint density at radius 1 is 0.760 bits per heavy atom. The van der Waals surface area contributed by atoms with Gasteiger partial charge in [0, 0.05) is 6.42 Å². The lowest BCUT2D eigenvalue weighted by molar-refractivity contribution is -0.146. The molecule has 1 atom stereocenters. The molecule has 0 saturated carbocycles. The third kappa shape index (κ3) is 18.1. The predicted molar refractivity (Wildman–Crippen MR) is 106 cm³/mol. The van der Waals surface area contributed by atoms with E-state index in [9.17, 15) is 4.79 Å². The number of carboxylic acid groups (broad SMARTS) is 1. The zero-order valence-electron chi connectivity index (χ0n) is 15.3. The second-order valence-electron chi connectivity index (χ2n) is 5.54. The van der Waals surface area contributed by atoms with E-state index in [0.29, 0.717) is 0 Å². The van der Waals surface area contributed by atoms with Gasteiger partial charge in [-0.05, 0) is 38.5 Å². The van der Waals surface area contributed by atoms with Crippen molar-refractivity contribution in [3.8, 4) is 0 Å². The highest BCUT2D eigenvalue weighted by atomic mass is 16.4. The normalized spacial score (nSPS) is 14.3. The van der Waals surface area contributed by atoms with E-state index in [1.54, 1.807) is 6.08 Å². The summed E-state index contributed by atoms with van der Waals surface area (Å²) in [4.78, 5) is 10.4. The number of hydrogen-bond donors (Lipinski definition) is 2. The van der Waals surface area contributed by atoms with Crippen molar-refractivity contribution in [2.24, 2.45) is 0 Å². The van der Waals surface area contributed by atoms with E-state index < -0.39 is 12.1 Å². The fourth-order valence-corrected chi connectivity index (χ4v) is 1.86. The Morgan fingerprint density at radius 2 is 1.28 bits per heavy atom. The molecule has 0 fully saturated rings. The number of rotatable bonds is 14. The van der Waals surface area contributed by atoms with Gasteiger partial charge in [-0.3, -0.25) is 0 Å². The first-order chi connectivity index (χ1) is 12.2. The molecule has 0 spiro atoms. The summed E-state index contributed by atoms with van der Waals surface area (Å²) < 4.78 is 0. The number of unbranched alkanes of at least 4 members (excludes halogenated alkanes) is 2. The topological polar surface area (TPSA) is 57.5 Å². The summed E-state index contributed by atoms with van der Waals surface area (Å²) in [5.74, 6) is -1.18. The van der Waals surface area contributed by atoms with Gasteiger partial charge in [-0.15, -0.1) is 0 Å². The second-order valence-corrected chi connectivity index (χ2v) is 5.54. The third-order valence-electron chi connectivity index (χ3n) is 3.26. The summed E-state index contributed by atoms with van der Waals surface area (Å²) in [6.07, 6.45) is 29.6. The molecule has 0 rings (SSSR count). The van der Waals surface area contributed by atoms with Crippen LogP contribution in [0.3, 0.4) is 0 Å². The van der Waals surface area contributed by atoms with E-state index in [1.165, 1.54) is 0 Å². The molecule has 3 heteroatoms. The minimum Gasteiger partial charge on any atom is -0.479 e. The van der Waals surface area contributed by atoms with Gasteiger partial charge in [0.05, 0.1) is 0 Å². The Kier molecular flexibility index (Phi) is 16.7. The molecule has 0 aromatic rings. The first-order valence-electron chi connectivity index (χ1n) is 9.02. The van der Waals surface area contributed by atoms with Crippen LogP contribution < -0.4 is 0 Å². The monoisotopic (exact) mass is 344 g/mol. The Balaban J connectivity index is 3.60. The molecule has 3 nitrogen and oxygen atoms in total. The fourth-order valence-electron chi connectivity index (χ4n) is 1.86. The van der Waals surface area contributed by atoms with Crippen LogP contribution in [0.15, 0.2) is 72.9 Å². The summed E-state index contributed by atoms with van der Waals surface area (Å²) in [6, 6.07) is 0. The number of hydrogen-bond acceptors (Lipinski definition) is 2. The third-order valence-corrected chi connectivity index (χ3v) is 3.26. The van der Waals surface area contributed by atoms with Gasteiger partial charge in [-0.25, -0.2) is 4.79 Å². The van der Waals surface area contributed by atoms with E-state index in [2.05, 4.69) is 49.5 Å². The summed E-state index contributed by atoms with van der Waals surface area (Å²) in [7, 11) is 0. The van der Waals surface area contributed by atoms with Gasteiger partial charge in [-0.1, -0.05) is 79.8 Å². The maximum absolute atomic E-state index is 10.4. The first-order valence-corrected chi connectivity index (χ1v) is 9.02. The minimum absolute atomic E-state index is 0.161. The number of carboxylic acids is 1. The predicted octanol–water partition coefficient (Wildman–Crippen LogP) is 5.52. The maximum atomic E-state index is 10.4. The molecule has 0 bridgehead atoms. The number of aliphatic hydroxyl groups is 1. The molecule has 2 N–H and O–H groups in total. The van der Waals surface area contributed by atoms with Crippen LogP contribution in [-0.4, -0.2) is 22.3 Å². The van der Waals surface area contributed by atoms with E-state index in [4.69, 9.17) is 10.2 Å². The molecule has 25 heavy (non-hydrogen) atoms. The largest absolute Gasteiger partial charge is 0.479 e. The van der Waals surface area contributed by atoms with Crippen LogP contribution in [0, 0.1) is 0 Å². The van der Waals surface area contributed by atoms with Crippen LogP contribution in [0.1, 0.15) is 51.9 Å². The molecular formula is C22H32O3. The van der Waals surface area contributed by atoms with Crippen molar-refractivity contribution in [1.29, 1.82) is 0 Å². The molecule has 0 aromatic heterocycles. The summed E-state index contributed by atoms with van der Waals surface area (Å²) in [5.41, 5.74) is 0. The quantitative estimate of drug-likeness (QED) is 0.248. The Bertz CT molecular complexity index is 493. The number of carbonyl (C=O) groups is 1. The molecule has 0 aliphatic heterocycles. The van der Waals surface area contributed by atoms with Crippen molar-refractivity contribution < 1.29 is 15.0 Å². The van der Waals surface area contributed by atoms with Gasteiger partial charge in [0.25, 0.3) is 0 Å². The average molecular weight is 344 g/mol. The zero-order valence-corrected chi connectivity index (χ0v) is 15.3. The van der Waals surface area contributed by atoms with Gasteiger partial charge >= 0.3 is 5.97 Å². The second kappa shape index (κ2) is 18.2. The van der Waals surface area contributed by atoms with Gasteiger partial charge in [0.15, 0.2) is 6.10 Å². The van der Waals surface area contributed by atoms with Crippen molar-refractivity contribution in [2.45, 2.75) is 58.0 Å². The molecule has 0 amide bonds. The van der Waals surface area contributed by atoms with Crippen LogP contribution in [0.4, 0.5) is 0 Å². The van der Waals surface area contributed by atoms with Gasteiger partial charge in [0.2, 0.25) is 0 Å². The van der Waals surface area contributed by atoms with Crippen molar-refractivity contribution in [1.82, 2.24) is 0 Å². The Morgan fingerprint density at radius 3 is 1.84 bits per heavy atom. The number of aliphatic carboxylic acids is 1. The number of aliphatic hydroxyl groups excluding tert-OH is 1. The van der Waals surface area contributed by atoms with E-state index in [0.717, 1.165) is 38.5 Å². The zero-order chi connectivity index (χ0) is 18.6. The first kappa shape index (κ1) is 22.9. The molecule has 0 aliphatic rings. The van der Waals surface area contributed by atoms with Gasteiger partial charge < -0.3 is 10.2 Å². The number of allylic oxidation sites excluding steroid dienone is 11. The van der Waals surface area contributed by atoms with Crippen molar-refractivity contribution in [3.63, 3.8) is 0 Å². The van der Waals surface area contributed by atoms with Crippen molar-refractivity contribution in [3.05, 3.63) is 72.9 Å². The van der Waals surface area contributed by atoms with Crippen LogP contribution >= 0.6 is 0 Å². The average Bonchev–Trinajstić information content (AvgIpc) is 2.60. The minimum atomic E-state index is -1.30. The molecule has 0 saturated heterocycles. The molecular weight excluding hydrogens is 312 g/mol. The summed E-state index contributed by atoms with van der Waals surface area (Å²) in [6.45, 7) is 2.14. The van der Waals surface area contributed by atoms with Crippen LogP contribution in [-0.2, 0) is 4.79 Å². The van der Waals surface area contributed by atoms with Gasteiger partial charge in [0.1, 0.15) is 0 Å². The lowest BCUT2D eigenvalue weighted by atomic mass is 10.2. The van der Waals surface area contributed by atoms with E-state index in [1.807, 2.05) is 24.3 Å². The van der Waals surface area contributed by atoms with Crippen molar-refractivity contribution in [2.75, 3.05) is 0 Å². The van der Waals surface area contributed by atoms with Crippen LogP contribution in [0.2, 0.25) is 0 Å². The standard InChI is InChI=1S/C22H32O3/c1-2-3-4-5-6-7-8-9-10-11-12-13-14-15-16-17-18-19-20-21(23)22(24)25/h3-4,6-7,10-15,18-19,21,23H,2,5,8-9,16-17,20H2,1H3,(H,24,25)/b4-3-,7-6-,11-10-,13-12+,15-14+,19-18-. The summed E-state index contributed by atoms with van der Waals surface area (Å²) >= 11 is 0. The highest BCUT2D eigenvalue weighted by molar-refractivity contribution is 5.72. The van der Waals surface area contributed by atoms with Gasteiger partial charge in [-0.2, -0.15) is 0 Å². The molecule has 0 radical (unpaired) electrons. The van der Waals surface area contributed by atoms with Crippen LogP contribution in [0.5, 0.6) is 0 Å². The van der Waals surface area contributed by atoms with Crippen LogP contribution in [0.25, 0.3) is 0 Å². The highest BCUT2D eigenvalue weighted by Crippen LogP contribution is 1.99. The maximum Gasteiger partial charge on any atom is 0.332 e. The van der Waals surface area contributed by atoms with Crippen molar-refractivity contribution >= 4 is 5.97 Å². The highest BCUT2D eigenvalue weighted by Gasteiger charge is 2.09. The fraction of sp³-hybridized carbons (Fsp3) is 0.409. The Hall–Kier alpha value is -2.13. The Labute approximate surface area is 152 Å². The lowest BCUT2D eigenvalue weighted by Gasteiger charge is -1.98. The molecule has 138 valence electrons.